The number of rotatable bonds is 26. The van der Waals surface area contributed by atoms with E-state index in [2.05, 4.69) is 25.3 Å². The Labute approximate surface area is 409 Å². The molecule has 69 heavy (non-hydrogen) atoms. The second kappa shape index (κ2) is 25.9. The van der Waals surface area contributed by atoms with E-state index < -0.39 is 23.9 Å². The van der Waals surface area contributed by atoms with E-state index >= 15 is 0 Å². The highest BCUT2D eigenvalue weighted by atomic mass is 32.1. The molecular formula is C53H54N4O10S2. The van der Waals surface area contributed by atoms with Crippen LogP contribution in [0, 0.1) is 0 Å². The molecule has 14 nitrogen and oxygen atoms in total. The van der Waals surface area contributed by atoms with E-state index in [1.54, 1.807) is 65.8 Å². The Morgan fingerprint density at radius 3 is 2.13 bits per heavy atom. The van der Waals surface area contributed by atoms with E-state index in [9.17, 15) is 19.2 Å². The smallest absolute Gasteiger partial charge is 0.343 e. The fourth-order valence-corrected chi connectivity index (χ4v) is 9.07. The number of aromatic nitrogens is 2. The molecular weight excluding hydrogens is 917 g/mol. The zero-order chi connectivity index (χ0) is 48.2. The predicted molar refractivity (Wildman–Crippen MR) is 269 cm³/mol. The van der Waals surface area contributed by atoms with Gasteiger partial charge in [0.1, 0.15) is 17.2 Å². The number of para-hydroxylation sites is 1. The monoisotopic (exact) mass is 970 g/mol. The first-order valence-electron chi connectivity index (χ1n) is 23.0. The lowest BCUT2D eigenvalue weighted by atomic mass is 10.1. The molecule has 0 amide bonds. The SMILES string of the molecule is C=CC(=O)OCCCCCCOc1ccc(C(=O)Oc2ccc(OC(=O)C3=CCC(OCCCCCCOC(=O)C=C)C=C3)cc2/C=N/N(c2nc3c(s2)C=CCC3)c2nc3ccccc3s2)cc1. The van der Waals surface area contributed by atoms with E-state index in [-0.39, 0.29) is 17.6 Å². The largest absolute Gasteiger partial charge is 0.494 e. The highest BCUT2D eigenvalue weighted by molar-refractivity contribution is 7.23. The van der Waals surface area contributed by atoms with Gasteiger partial charge in [-0.25, -0.2) is 29.1 Å². The summed E-state index contributed by atoms with van der Waals surface area (Å²) in [6, 6.07) is 19.3. The van der Waals surface area contributed by atoms with Gasteiger partial charge in [-0.2, -0.15) is 10.1 Å². The summed E-state index contributed by atoms with van der Waals surface area (Å²) >= 11 is 2.98. The van der Waals surface area contributed by atoms with E-state index in [1.807, 2.05) is 30.3 Å². The minimum Gasteiger partial charge on any atom is -0.494 e. The van der Waals surface area contributed by atoms with Crippen LogP contribution < -0.4 is 19.2 Å². The maximum Gasteiger partial charge on any atom is 0.343 e. The van der Waals surface area contributed by atoms with Crippen LogP contribution in [0.5, 0.6) is 17.2 Å². The Morgan fingerprint density at radius 1 is 0.739 bits per heavy atom. The van der Waals surface area contributed by atoms with Gasteiger partial charge in [-0.1, -0.05) is 72.6 Å². The van der Waals surface area contributed by atoms with E-state index in [1.165, 1.54) is 22.7 Å². The Balaban J connectivity index is 1.02. The molecule has 3 aromatic carbocycles. The van der Waals surface area contributed by atoms with Crippen molar-refractivity contribution in [2.75, 3.05) is 31.4 Å². The van der Waals surface area contributed by atoms with Crippen LogP contribution in [0.3, 0.4) is 0 Å². The minimum absolute atomic E-state index is 0.169. The third-order valence-corrected chi connectivity index (χ3v) is 12.8. The highest BCUT2D eigenvalue weighted by Gasteiger charge is 2.22. The first-order valence-corrected chi connectivity index (χ1v) is 24.6. The van der Waals surface area contributed by atoms with Crippen molar-refractivity contribution in [2.45, 2.75) is 76.7 Å². The molecule has 0 fully saturated rings. The van der Waals surface area contributed by atoms with Crippen LogP contribution in [0.1, 0.15) is 90.7 Å². The normalized spacial score (nSPS) is 13.9. The van der Waals surface area contributed by atoms with Gasteiger partial charge >= 0.3 is 23.9 Å². The number of thiazole rings is 2. The summed E-state index contributed by atoms with van der Waals surface area (Å²) < 4.78 is 34.8. The van der Waals surface area contributed by atoms with Gasteiger partial charge in [-0.05, 0) is 131 Å². The van der Waals surface area contributed by atoms with Crippen molar-refractivity contribution < 1.29 is 47.6 Å². The molecule has 7 rings (SSSR count). The van der Waals surface area contributed by atoms with Crippen LogP contribution in [0.25, 0.3) is 16.3 Å². The van der Waals surface area contributed by atoms with Gasteiger partial charge in [-0.3, -0.25) is 0 Å². The van der Waals surface area contributed by atoms with Gasteiger partial charge in [0.2, 0.25) is 10.3 Å². The second-order valence-electron chi connectivity index (χ2n) is 15.9. The van der Waals surface area contributed by atoms with Crippen LogP contribution in [0.15, 0.2) is 127 Å². The maximum absolute atomic E-state index is 13.7. The molecule has 2 aliphatic rings. The van der Waals surface area contributed by atoms with Crippen molar-refractivity contribution in [1.29, 1.82) is 0 Å². The Morgan fingerprint density at radius 2 is 1.43 bits per heavy atom. The fourth-order valence-electron chi connectivity index (χ4n) is 7.09. The van der Waals surface area contributed by atoms with Gasteiger partial charge < -0.3 is 28.4 Å². The molecule has 5 aromatic rings. The van der Waals surface area contributed by atoms with Crippen molar-refractivity contribution >= 4 is 79.3 Å². The Bertz CT molecular complexity index is 2690. The number of aryl methyl sites for hydroxylation is 1. The van der Waals surface area contributed by atoms with Gasteiger partial charge in [0.05, 0.1) is 64.1 Å². The van der Waals surface area contributed by atoms with Gasteiger partial charge in [0.15, 0.2) is 0 Å². The van der Waals surface area contributed by atoms with Crippen LogP contribution in [-0.2, 0) is 35.0 Å². The molecule has 0 aliphatic heterocycles. The standard InChI is InChI=1S/C53H54N4O10S2/c1-3-48(58)64-33-15-7-5-13-31-62-40-25-21-37(22-26-40)50(60)66-42-29-30-45(67-51(61)38-23-27-41(28-24-38)63-32-14-6-8-16-34-65-49(59)4-2)39(35-42)36-54-57(52-55-43-17-9-11-19-46(43)68-52)53-56-44-18-10-12-20-47(44)69-53/h3-4,9,11-12,17,19-25,27-30,35-36,40H,1-2,5-8,10,13-16,18,26,31-34H2/b54-36+. The van der Waals surface area contributed by atoms with Crippen molar-refractivity contribution in [2.24, 2.45) is 5.10 Å². The number of allylic oxidation sites excluding steroid dienone is 1. The molecule has 0 saturated heterocycles. The Hall–Kier alpha value is -7.01. The van der Waals surface area contributed by atoms with Crippen molar-refractivity contribution in [1.82, 2.24) is 9.97 Å². The second-order valence-corrected chi connectivity index (χ2v) is 17.9. The van der Waals surface area contributed by atoms with Gasteiger partial charge in [-0.15, -0.1) is 0 Å². The molecule has 16 heteroatoms. The number of carbonyl (C=O) groups excluding carboxylic acids is 4. The van der Waals surface area contributed by atoms with E-state index in [0.29, 0.717) is 65.6 Å². The van der Waals surface area contributed by atoms with Crippen LogP contribution in [-0.4, -0.2) is 72.6 Å². The fraction of sp³-hybridized carbons (Fsp3) is 0.302. The predicted octanol–water partition coefficient (Wildman–Crippen LogP) is 11.2. The van der Waals surface area contributed by atoms with Gasteiger partial charge in [0, 0.05) is 24.3 Å². The first kappa shape index (κ1) is 49.9. The molecule has 0 N–H and O–H groups in total. The molecule has 358 valence electrons. The average Bonchev–Trinajstić information content (AvgIpc) is 4.01. The molecule has 2 aliphatic carbocycles. The lowest BCUT2D eigenvalue weighted by Crippen LogP contribution is -2.17. The summed E-state index contributed by atoms with van der Waals surface area (Å²) in [7, 11) is 0. The molecule has 0 saturated carbocycles. The van der Waals surface area contributed by atoms with Crippen molar-refractivity contribution in [3.8, 4) is 17.2 Å². The molecule has 0 spiro atoms. The summed E-state index contributed by atoms with van der Waals surface area (Å²) in [5, 5.41) is 7.83. The van der Waals surface area contributed by atoms with Gasteiger partial charge in [0.25, 0.3) is 0 Å². The lowest BCUT2D eigenvalue weighted by Gasteiger charge is -2.17. The topological polar surface area (TPSA) is 165 Å². The number of nitrogens with zero attached hydrogens (tertiary/aromatic N) is 4. The van der Waals surface area contributed by atoms with Crippen LogP contribution in [0.2, 0.25) is 0 Å². The van der Waals surface area contributed by atoms with Crippen LogP contribution in [0.4, 0.5) is 10.3 Å². The third kappa shape index (κ3) is 15.0. The maximum atomic E-state index is 13.7. The number of hydrogen-bond donors (Lipinski definition) is 0. The summed E-state index contributed by atoms with van der Waals surface area (Å²) in [6.45, 7) is 8.59. The molecule has 2 aromatic heterocycles. The van der Waals surface area contributed by atoms with Crippen LogP contribution >= 0.6 is 22.7 Å². The molecule has 1 atom stereocenters. The lowest BCUT2D eigenvalue weighted by molar-refractivity contribution is -0.138. The number of hydrogen-bond acceptors (Lipinski definition) is 16. The number of unbranched alkanes of at least 4 members (excludes halogenated alkanes) is 6. The quantitative estimate of drug-likeness (QED) is 0.0128. The summed E-state index contributed by atoms with van der Waals surface area (Å²) in [6.07, 6.45) is 22.4. The third-order valence-electron chi connectivity index (χ3n) is 10.8. The summed E-state index contributed by atoms with van der Waals surface area (Å²) in [5.74, 6) is -0.986. The number of hydrazone groups is 1. The number of carbonyl (C=O) groups is 4. The number of ether oxygens (including phenoxy) is 6. The number of benzene rings is 3. The number of esters is 4. The summed E-state index contributed by atoms with van der Waals surface area (Å²) in [5.41, 5.74) is 2.85. The Kier molecular flexibility index (Phi) is 18.8. The number of fused-ring (bicyclic) bond motifs is 2. The molecule has 1 unspecified atom stereocenters. The van der Waals surface area contributed by atoms with Crippen molar-refractivity contribution in [3.05, 3.63) is 144 Å². The average molecular weight is 971 g/mol. The highest BCUT2D eigenvalue weighted by Crippen LogP contribution is 2.39. The summed E-state index contributed by atoms with van der Waals surface area (Å²) in [4.78, 5) is 60.4. The zero-order valence-electron chi connectivity index (χ0n) is 38.3. The minimum atomic E-state index is -0.610. The van der Waals surface area contributed by atoms with Crippen molar-refractivity contribution in [3.63, 3.8) is 0 Å². The van der Waals surface area contributed by atoms with E-state index in [4.69, 9.17) is 43.5 Å². The molecule has 2 heterocycles. The molecule has 0 bridgehead atoms. The zero-order valence-corrected chi connectivity index (χ0v) is 39.9. The number of anilines is 2. The molecule has 0 radical (unpaired) electrons. The first-order chi connectivity index (χ1) is 33.8. The van der Waals surface area contributed by atoms with E-state index in [0.717, 1.165) is 97.1 Å².